The van der Waals surface area contributed by atoms with Gasteiger partial charge >= 0.3 is 0 Å². The third-order valence-electron chi connectivity index (χ3n) is 4.54. The maximum atomic E-state index is 11.6. The van der Waals surface area contributed by atoms with Gasteiger partial charge in [0.05, 0.1) is 23.5 Å². The summed E-state index contributed by atoms with van der Waals surface area (Å²) >= 11 is 0. The SMILES string of the molecule is O=[N+]([O-])C1C=C2C(=Nc3ccccc3N2c2ccccc2)C([N+](=O)[O-])C1. The number of hydrogen-bond acceptors (Lipinski definition) is 6. The van der Waals surface area contributed by atoms with Gasteiger partial charge in [-0.15, -0.1) is 0 Å². The molecule has 0 bridgehead atoms. The number of nitro groups is 2. The Hall–Kier alpha value is -3.55. The lowest BCUT2D eigenvalue weighted by Crippen LogP contribution is -2.45. The summed E-state index contributed by atoms with van der Waals surface area (Å²) in [6.07, 6.45) is 1.27. The average molecular weight is 350 g/mol. The Morgan fingerprint density at radius 3 is 2.35 bits per heavy atom. The van der Waals surface area contributed by atoms with Gasteiger partial charge in [0.1, 0.15) is 5.71 Å². The van der Waals surface area contributed by atoms with E-state index in [0.717, 1.165) is 11.4 Å². The lowest BCUT2D eigenvalue weighted by Gasteiger charge is -2.35. The average Bonchev–Trinajstić information content (AvgIpc) is 2.65. The number of fused-ring (bicyclic) bond motifs is 2. The maximum Gasteiger partial charge on any atom is 0.263 e. The minimum atomic E-state index is -1.22. The molecule has 1 heterocycles. The number of benzene rings is 2. The van der Waals surface area contributed by atoms with Gasteiger partial charge in [-0.1, -0.05) is 30.3 Å². The third-order valence-corrected chi connectivity index (χ3v) is 4.54. The Kier molecular flexibility index (Phi) is 3.72. The van der Waals surface area contributed by atoms with Gasteiger partial charge in [-0.25, -0.2) is 4.99 Å². The van der Waals surface area contributed by atoms with E-state index < -0.39 is 21.9 Å². The van der Waals surface area contributed by atoms with E-state index in [2.05, 4.69) is 4.99 Å². The normalized spacial score (nSPS) is 21.2. The number of hydrogen-bond donors (Lipinski definition) is 0. The number of para-hydroxylation sites is 3. The van der Waals surface area contributed by atoms with Crippen LogP contribution in [0.2, 0.25) is 0 Å². The van der Waals surface area contributed by atoms with Crippen molar-refractivity contribution in [1.29, 1.82) is 0 Å². The van der Waals surface area contributed by atoms with E-state index in [4.69, 9.17) is 0 Å². The summed E-state index contributed by atoms with van der Waals surface area (Å²) in [5.41, 5.74) is 2.78. The smallest absolute Gasteiger partial charge is 0.263 e. The molecule has 4 rings (SSSR count). The van der Waals surface area contributed by atoms with Crippen molar-refractivity contribution in [3.05, 3.63) is 86.6 Å². The highest BCUT2D eigenvalue weighted by molar-refractivity contribution is 6.13. The van der Waals surface area contributed by atoms with Crippen LogP contribution in [-0.4, -0.2) is 27.6 Å². The highest BCUT2D eigenvalue weighted by atomic mass is 16.6. The second-order valence-electron chi connectivity index (χ2n) is 6.10. The molecule has 0 fully saturated rings. The van der Waals surface area contributed by atoms with Crippen molar-refractivity contribution in [2.75, 3.05) is 4.90 Å². The molecular weight excluding hydrogens is 336 g/mol. The minimum Gasteiger partial charge on any atom is -0.306 e. The molecule has 8 nitrogen and oxygen atoms in total. The molecule has 1 aliphatic heterocycles. The first-order chi connectivity index (χ1) is 12.6. The van der Waals surface area contributed by atoms with Gasteiger partial charge < -0.3 is 4.90 Å². The molecule has 0 amide bonds. The second kappa shape index (κ2) is 6.07. The lowest BCUT2D eigenvalue weighted by molar-refractivity contribution is -0.543. The standard InChI is InChI=1S/C18H14N4O4/c23-21(24)13-10-16-18(17(11-13)22(25)26)19-14-8-4-5-9-15(14)20(16)12-6-2-1-3-7-12/h1-10,13,17H,11H2. The van der Waals surface area contributed by atoms with Gasteiger partial charge in [0.15, 0.2) is 0 Å². The van der Waals surface area contributed by atoms with Crippen LogP contribution in [0.5, 0.6) is 0 Å². The van der Waals surface area contributed by atoms with E-state index in [1.54, 1.807) is 6.07 Å². The van der Waals surface area contributed by atoms with Crippen molar-refractivity contribution >= 4 is 22.8 Å². The minimum absolute atomic E-state index is 0.201. The quantitative estimate of drug-likeness (QED) is 0.623. The van der Waals surface area contributed by atoms with Crippen LogP contribution in [0.15, 0.2) is 71.4 Å². The lowest BCUT2D eigenvalue weighted by atomic mass is 9.90. The fraction of sp³-hybridized carbons (Fsp3) is 0.167. The zero-order valence-corrected chi connectivity index (χ0v) is 13.6. The van der Waals surface area contributed by atoms with Crippen LogP contribution in [0.25, 0.3) is 0 Å². The maximum absolute atomic E-state index is 11.6. The van der Waals surface area contributed by atoms with Gasteiger partial charge in [0, 0.05) is 21.6 Å². The predicted molar refractivity (Wildman–Crippen MR) is 96.4 cm³/mol. The van der Waals surface area contributed by atoms with Gasteiger partial charge in [-0.05, 0) is 24.3 Å². The molecule has 0 radical (unpaired) electrons. The van der Waals surface area contributed by atoms with Crippen molar-refractivity contribution in [2.24, 2.45) is 4.99 Å². The molecule has 2 aromatic rings. The fourth-order valence-electron chi connectivity index (χ4n) is 3.36. The molecule has 0 spiro atoms. The topological polar surface area (TPSA) is 102 Å². The van der Waals surface area contributed by atoms with E-state index in [1.807, 2.05) is 53.4 Å². The molecule has 1 aliphatic carbocycles. The van der Waals surface area contributed by atoms with Crippen LogP contribution < -0.4 is 4.90 Å². The molecule has 0 aromatic heterocycles. The van der Waals surface area contributed by atoms with E-state index in [-0.39, 0.29) is 12.1 Å². The number of aliphatic imine (C=N–C) groups is 1. The van der Waals surface area contributed by atoms with Crippen LogP contribution in [0.4, 0.5) is 17.1 Å². The highest BCUT2D eigenvalue weighted by Crippen LogP contribution is 2.43. The van der Waals surface area contributed by atoms with Crippen molar-refractivity contribution in [2.45, 2.75) is 18.5 Å². The molecule has 2 aromatic carbocycles. The van der Waals surface area contributed by atoms with Crippen LogP contribution in [0.3, 0.4) is 0 Å². The molecule has 26 heavy (non-hydrogen) atoms. The molecule has 2 aliphatic rings. The van der Waals surface area contributed by atoms with E-state index in [0.29, 0.717) is 11.4 Å². The Morgan fingerprint density at radius 1 is 0.962 bits per heavy atom. The summed E-state index contributed by atoms with van der Waals surface area (Å²) in [6, 6.07) is 14.2. The van der Waals surface area contributed by atoms with Gasteiger partial charge in [0.25, 0.3) is 6.04 Å². The van der Waals surface area contributed by atoms with E-state index >= 15 is 0 Å². The van der Waals surface area contributed by atoms with Gasteiger partial charge in [0.2, 0.25) is 6.04 Å². The van der Waals surface area contributed by atoms with Crippen LogP contribution in [0.1, 0.15) is 6.42 Å². The number of rotatable bonds is 3. The summed E-state index contributed by atoms with van der Waals surface area (Å²) in [5.74, 6) is 0. The van der Waals surface area contributed by atoms with Gasteiger partial charge in [-0.2, -0.15) is 0 Å². The summed E-state index contributed by atoms with van der Waals surface area (Å²) in [5, 5.41) is 23.0. The first-order valence-electron chi connectivity index (χ1n) is 8.08. The third kappa shape index (κ3) is 2.52. The van der Waals surface area contributed by atoms with Crippen molar-refractivity contribution in [1.82, 2.24) is 0 Å². The molecule has 0 saturated heterocycles. The highest BCUT2D eigenvalue weighted by Gasteiger charge is 2.45. The summed E-state index contributed by atoms with van der Waals surface area (Å²) < 4.78 is 0. The first-order valence-corrected chi connectivity index (χ1v) is 8.08. The number of anilines is 2. The fourth-order valence-corrected chi connectivity index (χ4v) is 3.36. The molecule has 0 N–H and O–H groups in total. The Morgan fingerprint density at radius 2 is 1.65 bits per heavy atom. The van der Waals surface area contributed by atoms with Crippen LogP contribution in [0, 0.1) is 20.2 Å². The molecule has 2 atom stereocenters. The Balaban J connectivity index is 1.97. The molecule has 8 heteroatoms. The zero-order valence-electron chi connectivity index (χ0n) is 13.6. The largest absolute Gasteiger partial charge is 0.306 e. The summed E-state index contributed by atoms with van der Waals surface area (Å²) in [6.45, 7) is 0. The molecular formula is C18H14N4O4. The monoisotopic (exact) mass is 350 g/mol. The zero-order chi connectivity index (χ0) is 18.3. The van der Waals surface area contributed by atoms with Crippen molar-refractivity contribution in [3.8, 4) is 0 Å². The first kappa shape index (κ1) is 15.9. The molecule has 130 valence electrons. The number of nitrogens with zero attached hydrogens (tertiary/aromatic N) is 4. The van der Waals surface area contributed by atoms with Crippen molar-refractivity contribution in [3.63, 3.8) is 0 Å². The summed E-state index contributed by atoms with van der Waals surface area (Å²) in [7, 11) is 0. The van der Waals surface area contributed by atoms with E-state index in [1.165, 1.54) is 6.08 Å². The second-order valence-corrected chi connectivity index (χ2v) is 6.10. The molecule has 0 saturated carbocycles. The van der Waals surface area contributed by atoms with Crippen LogP contribution >= 0.6 is 0 Å². The van der Waals surface area contributed by atoms with Gasteiger partial charge in [-0.3, -0.25) is 20.2 Å². The van der Waals surface area contributed by atoms with E-state index in [9.17, 15) is 20.2 Å². The predicted octanol–water partition coefficient (Wildman–Crippen LogP) is 3.49. The Labute approximate surface area is 148 Å². The Bertz CT molecular complexity index is 955. The molecule has 2 unspecified atom stereocenters. The van der Waals surface area contributed by atoms with Crippen molar-refractivity contribution < 1.29 is 9.85 Å². The van der Waals surface area contributed by atoms with Crippen LogP contribution in [-0.2, 0) is 0 Å². The summed E-state index contributed by atoms with van der Waals surface area (Å²) in [4.78, 5) is 28.3.